The maximum atomic E-state index is 11.7. The molecular formula is C15H32N4O. The third kappa shape index (κ3) is 4.94. The second kappa shape index (κ2) is 8.47. The molecule has 0 aromatic carbocycles. The molecule has 0 aromatic heterocycles. The lowest BCUT2D eigenvalue weighted by Gasteiger charge is -2.47. The molecule has 2 rings (SSSR count). The van der Waals surface area contributed by atoms with Crippen LogP contribution in [0.3, 0.4) is 0 Å². The molecule has 0 aliphatic carbocycles. The maximum absolute atomic E-state index is 11.7. The average molecular weight is 284 g/mol. The molecule has 0 aromatic rings. The van der Waals surface area contributed by atoms with Crippen molar-refractivity contribution >= 4 is 6.03 Å². The molecule has 2 amide bonds. The Kier molecular flexibility index (Phi) is 7.30. The number of likely N-dealkylation sites (tertiary alicyclic amines) is 1. The Hall–Kier alpha value is -0.810. The third-order valence-corrected chi connectivity index (χ3v) is 4.03. The molecule has 20 heavy (non-hydrogen) atoms. The number of carbonyl (C=O) groups is 1. The number of carbonyl (C=O) groups excluding carboxylic acids is 1. The van der Waals surface area contributed by atoms with E-state index in [4.69, 9.17) is 0 Å². The molecule has 0 radical (unpaired) electrons. The number of rotatable bonds is 2. The summed E-state index contributed by atoms with van der Waals surface area (Å²) in [4.78, 5) is 20.2. The monoisotopic (exact) mass is 284 g/mol. The highest BCUT2D eigenvalue weighted by atomic mass is 16.2. The highest BCUT2D eigenvalue weighted by Gasteiger charge is 2.32. The fourth-order valence-corrected chi connectivity index (χ4v) is 2.46. The van der Waals surface area contributed by atoms with Gasteiger partial charge in [-0.25, -0.2) is 4.79 Å². The van der Waals surface area contributed by atoms with Crippen molar-refractivity contribution in [1.29, 1.82) is 0 Å². The third-order valence-electron chi connectivity index (χ3n) is 4.03. The van der Waals surface area contributed by atoms with Crippen LogP contribution in [0.2, 0.25) is 0 Å². The van der Waals surface area contributed by atoms with Gasteiger partial charge in [0.2, 0.25) is 0 Å². The van der Waals surface area contributed by atoms with Gasteiger partial charge in [-0.2, -0.15) is 0 Å². The van der Waals surface area contributed by atoms with Gasteiger partial charge >= 0.3 is 6.03 Å². The van der Waals surface area contributed by atoms with Crippen LogP contribution in [0.4, 0.5) is 4.79 Å². The molecular weight excluding hydrogens is 252 g/mol. The standard InChI is InChI=1S/C11H22N4O.C4H10/c1-12(2)11(16)15-6-4-14(5-7-15)10-8-13(3)9-10;1-3-4-2/h10H,4-9H2,1-3H3;3-4H2,1-2H3. The minimum absolute atomic E-state index is 0.144. The Morgan fingerprint density at radius 2 is 1.55 bits per heavy atom. The Labute approximate surface area is 124 Å². The average Bonchev–Trinajstić information content (AvgIpc) is 2.43. The van der Waals surface area contributed by atoms with Crippen LogP contribution in [0.1, 0.15) is 26.7 Å². The lowest BCUT2D eigenvalue weighted by atomic mass is 10.1. The number of nitrogens with zero attached hydrogens (tertiary/aromatic N) is 4. The summed E-state index contributed by atoms with van der Waals surface area (Å²) in [5.41, 5.74) is 0. The van der Waals surface area contributed by atoms with E-state index in [0.717, 1.165) is 32.2 Å². The lowest BCUT2D eigenvalue weighted by molar-refractivity contribution is 0.0230. The fraction of sp³-hybridized carbons (Fsp3) is 0.933. The molecule has 2 aliphatic heterocycles. The van der Waals surface area contributed by atoms with Crippen molar-refractivity contribution in [3.05, 3.63) is 0 Å². The quantitative estimate of drug-likeness (QED) is 0.768. The van der Waals surface area contributed by atoms with E-state index in [1.54, 1.807) is 4.90 Å². The second-order valence-electron chi connectivity index (χ2n) is 6.08. The first-order valence-corrected chi connectivity index (χ1v) is 7.88. The van der Waals surface area contributed by atoms with Gasteiger partial charge in [-0.15, -0.1) is 0 Å². The predicted octanol–water partition coefficient (Wildman–Crippen LogP) is 1.41. The molecule has 118 valence electrons. The molecule has 2 fully saturated rings. The summed E-state index contributed by atoms with van der Waals surface area (Å²) < 4.78 is 0. The van der Waals surface area contributed by atoms with Crippen LogP contribution in [0.15, 0.2) is 0 Å². The lowest BCUT2D eigenvalue weighted by Crippen LogP contribution is -2.62. The van der Waals surface area contributed by atoms with E-state index in [2.05, 4.69) is 30.7 Å². The Balaban J connectivity index is 0.000000444. The van der Waals surface area contributed by atoms with E-state index in [-0.39, 0.29) is 6.03 Å². The molecule has 0 saturated carbocycles. The highest BCUT2D eigenvalue weighted by Crippen LogP contribution is 2.15. The van der Waals surface area contributed by atoms with Crippen LogP contribution in [0.5, 0.6) is 0 Å². The summed E-state index contributed by atoms with van der Waals surface area (Å²) in [5.74, 6) is 0. The van der Waals surface area contributed by atoms with Crippen molar-refractivity contribution in [2.24, 2.45) is 0 Å². The Morgan fingerprint density at radius 3 is 1.90 bits per heavy atom. The van der Waals surface area contributed by atoms with E-state index in [1.165, 1.54) is 25.9 Å². The molecule has 0 N–H and O–H groups in total. The normalized spacial score (nSPS) is 20.9. The zero-order valence-corrected chi connectivity index (χ0v) is 13.9. The number of likely N-dealkylation sites (N-methyl/N-ethyl adjacent to an activating group) is 1. The summed E-state index contributed by atoms with van der Waals surface area (Å²) >= 11 is 0. The van der Waals surface area contributed by atoms with Crippen LogP contribution in [0, 0.1) is 0 Å². The van der Waals surface area contributed by atoms with E-state index in [9.17, 15) is 4.79 Å². The zero-order valence-electron chi connectivity index (χ0n) is 13.9. The van der Waals surface area contributed by atoms with Gasteiger partial charge in [0.05, 0.1) is 0 Å². The molecule has 2 aliphatic rings. The number of hydrogen-bond acceptors (Lipinski definition) is 3. The number of amides is 2. The van der Waals surface area contributed by atoms with Crippen LogP contribution in [0.25, 0.3) is 0 Å². The predicted molar refractivity (Wildman–Crippen MR) is 84.1 cm³/mol. The van der Waals surface area contributed by atoms with Gasteiger partial charge in [-0.1, -0.05) is 26.7 Å². The Bertz CT molecular complexity index is 280. The minimum atomic E-state index is 0.144. The van der Waals surface area contributed by atoms with Crippen molar-refractivity contribution in [3.63, 3.8) is 0 Å². The van der Waals surface area contributed by atoms with Crippen LogP contribution in [-0.2, 0) is 0 Å². The Morgan fingerprint density at radius 1 is 1.05 bits per heavy atom. The van der Waals surface area contributed by atoms with Crippen molar-refractivity contribution in [2.75, 3.05) is 60.4 Å². The molecule has 0 bridgehead atoms. The van der Waals surface area contributed by atoms with Crippen molar-refractivity contribution in [2.45, 2.75) is 32.7 Å². The first kappa shape index (κ1) is 17.2. The van der Waals surface area contributed by atoms with Gasteiger partial charge in [0.15, 0.2) is 0 Å². The van der Waals surface area contributed by atoms with Gasteiger partial charge in [0.1, 0.15) is 0 Å². The summed E-state index contributed by atoms with van der Waals surface area (Å²) in [6.45, 7) is 10.5. The molecule has 2 heterocycles. The van der Waals surface area contributed by atoms with E-state index >= 15 is 0 Å². The van der Waals surface area contributed by atoms with Gasteiger partial charge < -0.3 is 14.7 Å². The van der Waals surface area contributed by atoms with Crippen LogP contribution in [-0.4, -0.2) is 92.1 Å². The zero-order chi connectivity index (χ0) is 15.1. The second-order valence-corrected chi connectivity index (χ2v) is 6.08. The molecule has 2 saturated heterocycles. The van der Waals surface area contributed by atoms with Gasteiger partial charge in [0.25, 0.3) is 0 Å². The molecule has 5 heteroatoms. The SMILES string of the molecule is CCCC.CN1CC(N2CCN(C(=O)N(C)C)CC2)C1. The van der Waals surface area contributed by atoms with E-state index in [1.807, 2.05) is 19.0 Å². The maximum Gasteiger partial charge on any atom is 0.319 e. The summed E-state index contributed by atoms with van der Waals surface area (Å²) in [5, 5.41) is 0. The molecule has 5 nitrogen and oxygen atoms in total. The van der Waals surface area contributed by atoms with Crippen LogP contribution >= 0.6 is 0 Å². The molecule has 0 atom stereocenters. The van der Waals surface area contributed by atoms with Crippen molar-refractivity contribution in [1.82, 2.24) is 19.6 Å². The largest absolute Gasteiger partial charge is 0.331 e. The van der Waals surface area contributed by atoms with E-state index in [0.29, 0.717) is 0 Å². The highest BCUT2D eigenvalue weighted by molar-refractivity contribution is 5.73. The minimum Gasteiger partial charge on any atom is -0.331 e. The van der Waals surface area contributed by atoms with Crippen molar-refractivity contribution in [3.8, 4) is 0 Å². The number of piperazine rings is 1. The summed E-state index contributed by atoms with van der Waals surface area (Å²) in [6.07, 6.45) is 2.64. The first-order chi connectivity index (χ1) is 9.49. The van der Waals surface area contributed by atoms with Gasteiger partial charge in [0, 0.05) is 59.4 Å². The smallest absolute Gasteiger partial charge is 0.319 e. The first-order valence-electron chi connectivity index (χ1n) is 7.88. The summed E-state index contributed by atoms with van der Waals surface area (Å²) in [6, 6.07) is 0.868. The molecule has 0 spiro atoms. The molecule has 0 unspecified atom stereocenters. The number of hydrogen-bond donors (Lipinski definition) is 0. The topological polar surface area (TPSA) is 30.0 Å². The van der Waals surface area contributed by atoms with Gasteiger partial charge in [-0.3, -0.25) is 4.90 Å². The summed E-state index contributed by atoms with van der Waals surface area (Å²) in [7, 11) is 5.79. The van der Waals surface area contributed by atoms with Gasteiger partial charge in [-0.05, 0) is 7.05 Å². The number of unbranched alkanes of at least 4 members (excludes halogenated alkanes) is 1. The number of urea groups is 1. The van der Waals surface area contributed by atoms with Crippen molar-refractivity contribution < 1.29 is 4.79 Å². The fourth-order valence-electron chi connectivity index (χ4n) is 2.46. The van der Waals surface area contributed by atoms with Crippen LogP contribution < -0.4 is 0 Å². The van der Waals surface area contributed by atoms with E-state index < -0.39 is 0 Å².